The molecule has 1 heteroatoms. The Morgan fingerprint density at radius 3 is 1.94 bits per heavy atom. The van der Waals surface area contributed by atoms with Gasteiger partial charge in [0.2, 0.25) is 0 Å². The molecule has 0 amide bonds. The van der Waals surface area contributed by atoms with E-state index in [1.165, 1.54) is 44.9 Å². The number of halogens is 1. The van der Waals surface area contributed by atoms with Gasteiger partial charge in [-0.15, -0.1) is 11.6 Å². The van der Waals surface area contributed by atoms with Crippen molar-refractivity contribution in [3.8, 4) is 0 Å². The minimum absolute atomic E-state index is 0.458. The lowest BCUT2D eigenvalue weighted by Crippen LogP contribution is -2.35. The van der Waals surface area contributed by atoms with Gasteiger partial charge < -0.3 is 0 Å². The van der Waals surface area contributed by atoms with E-state index in [4.69, 9.17) is 11.6 Å². The Hall–Kier alpha value is 0.290. The number of hydrogen-bond donors (Lipinski definition) is 0. The second-order valence-corrected chi connectivity index (χ2v) is 7.93. The van der Waals surface area contributed by atoms with Crippen LogP contribution in [0, 0.1) is 22.7 Å². The van der Waals surface area contributed by atoms with E-state index in [2.05, 4.69) is 34.6 Å². The van der Waals surface area contributed by atoms with Crippen LogP contribution in [0.2, 0.25) is 0 Å². The molecule has 1 aliphatic rings. The van der Waals surface area contributed by atoms with Crippen LogP contribution >= 0.6 is 11.6 Å². The highest BCUT2D eigenvalue weighted by atomic mass is 35.5. The van der Waals surface area contributed by atoms with Gasteiger partial charge in [-0.25, -0.2) is 0 Å². The van der Waals surface area contributed by atoms with Crippen LogP contribution in [0.1, 0.15) is 79.6 Å². The van der Waals surface area contributed by atoms with E-state index in [1.807, 2.05) is 0 Å². The fourth-order valence-corrected chi connectivity index (χ4v) is 4.05. The van der Waals surface area contributed by atoms with Crippen molar-refractivity contribution in [2.75, 3.05) is 5.88 Å². The van der Waals surface area contributed by atoms with E-state index in [-0.39, 0.29) is 0 Å². The smallest absolute Gasteiger partial charge is 0.0280 e. The van der Waals surface area contributed by atoms with Crippen LogP contribution in [0.5, 0.6) is 0 Å². The van der Waals surface area contributed by atoms with Gasteiger partial charge in [-0.3, -0.25) is 0 Å². The Kier molecular flexibility index (Phi) is 6.03. The Morgan fingerprint density at radius 2 is 1.61 bits per heavy atom. The van der Waals surface area contributed by atoms with Crippen LogP contribution in [-0.4, -0.2) is 5.88 Å². The van der Waals surface area contributed by atoms with E-state index in [0.717, 1.165) is 17.7 Å². The minimum atomic E-state index is 0.458. The van der Waals surface area contributed by atoms with E-state index in [0.29, 0.717) is 10.8 Å². The zero-order valence-corrected chi connectivity index (χ0v) is 13.9. The normalized spacial score (nSPS) is 29.8. The molecule has 0 spiro atoms. The molecule has 0 heterocycles. The summed E-state index contributed by atoms with van der Waals surface area (Å²) in [6.07, 6.45) is 9.48. The largest absolute Gasteiger partial charge is 0.126 e. The second kappa shape index (κ2) is 6.64. The van der Waals surface area contributed by atoms with Crippen molar-refractivity contribution in [3.05, 3.63) is 0 Å². The van der Waals surface area contributed by atoms with Crippen molar-refractivity contribution in [3.63, 3.8) is 0 Å². The van der Waals surface area contributed by atoms with Gasteiger partial charge in [-0.2, -0.15) is 0 Å². The summed E-state index contributed by atoms with van der Waals surface area (Å²) in [5, 5.41) is 0. The molecular weight excluding hydrogens is 240 g/mol. The molecule has 0 nitrogen and oxygen atoms in total. The first kappa shape index (κ1) is 16.3. The molecule has 1 fully saturated rings. The van der Waals surface area contributed by atoms with Crippen LogP contribution in [0.15, 0.2) is 0 Å². The summed E-state index contributed by atoms with van der Waals surface area (Å²) in [5.74, 6) is 2.66. The van der Waals surface area contributed by atoms with Gasteiger partial charge in [0.05, 0.1) is 0 Å². The van der Waals surface area contributed by atoms with Crippen molar-refractivity contribution in [1.82, 2.24) is 0 Å². The predicted octanol–water partition coefficient (Wildman–Crippen LogP) is 6.27. The van der Waals surface area contributed by atoms with Crippen molar-refractivity contribution in [2.24, 2.45) is 22.7 Å². The third kappa shape index (κ3) is 4.15. The maximum Gasteiger partial charge on any atom is 0.0280 e. The number of rotatable bonds is 5. The maximum atomic E-state index is 6.36. The molecule has 0 aliphatic heterocycles. The summed E-state index contributed by atoms with van der Waals surface area (Å²) in [7, 11) is 0. The number of hydrogen-bond acceptors (Lipinski definition) is 0. The van der Waals surface area contributed by atoms with Crippen LogP contribution in [0.25, 0.3) is 0 Å². The molecule has 0 N–H and O–H groups in total. The van der Waals surface area contributed by atoms with Crippen molar-refractivity contribution >= 4 is 11.6 Å². The third-order valence-corrected chi connectivity index (χ3v) is 6.00. The third-order valence-electron chi connectivity index (χ3n) is 5.43. The minimum Gasteiger partial charge on any atom is -0.126 e. The fraction of sp³-hybridized carbons (Fsp3) is 1.00. The molecule has 108 valence electrons. The molecule has 0 saturated heterocycles. The average molecular weight is 273 g/mol. The van der Waals surface area contributed by atoms with Crippen molar-refractivity contribution in [2.45, 2.75) is 79.6 Å². The van der Waals surface area contributed by atoms with Crippen molar-refractivity contribution in [1.29, 1.82) is 0 Å². The van der Waals surface area contributed by atoms with Crippen LogP contribution in [0.4, 0.5) is 0 Å². The lowest BCUT2D eigenvalue weighted by molar-refractivity contribution is 0.0815. The predicted molar refractivity (Wildman–Crippen MR) is 83.3 cm³/mol. The average Bonchev–Trinajstić information content (AvgIpc) is 2.35. The first-order chi connectivity index (χ1) is 8.37. The SMILES string of the molecule is CCC(CC)CC1(CCl)CCC(C(C)(C)C)CC1. The van der Waals surface area contributed by atoms with Crippen LogP contribution in [0.3, 0.4) is 0 Å². The fourth-order valence-electron chi connectivity index (χ4n) is 3.68. The Balaban J connectivity index is 2.60. The molecule has 0 atom stereocenters. The first-order valence-corrected chi connectivity index (χ1v) is 8.46. The molecule has 0 bridgehead atoms. The lowest BCUT2D eigenvalue weighted by atomic mass is 9.62. The summed E-state index contributed by atoms with van der Waals surface area (Å²) in [6, 6.07) is 0. The molecule has 0 radical (unpaired) electrons. The molecule has 1 aliphatic carbocycles. The van der Waals surface area contributed by atoms with Gasteiger partial charge >= 0.3 is 0 Å². The van der Waals surface area contributed by atoms with Gasteiger partial charge in [0.1, 0.15) is 0 Å². The molecule has 18 heavy (non-hydrogen) atoms. The maximum absolute atomic E-state index is 6.36. The Bertz CT molecular complexity index is 226. The van der Waals surface area contributed by atoms with Gasteiger partial charge in [-0.1, -0.05) is 47.5 Å². The number of alkyl halides is 1. The zero-order chi connectivity index (χ0) is 13.8. The highest BCUT2D eigenvalue weighted by molar-refractivity contribution is 6.18. The van der Waals surface area contributed by atoms with E-state index < -0.39 is 0 Å². The van der Waals surface area contributed by atoms with E-state index in [1.54, 1.807) is 0 Å². The van der Waals surface area contributed by atoms with E-state index in [9.17, 15) is 0 Å². The summed E-state index contributed by atoms with van der Waals surface area (Å²) in [4.78, 5) is 0. The topological polar surface area (TPSA) is 0 Å². The lowest BCUT2D eigenvalue weighted by Gasteiger charge is -2.44. The Morgan fingerprint density at radius 1 is 1.11 bits per heavy atom. The summed E-state index contributed by atoms with van der Waals surface area (Å²) >= 11 is 6.36. The zero-order valence-electron chi connectivity index (χ0n) is 13.2. The Labute approximate surface area is 120 Å². The summed E-state index contributed by atoms with van der Waals surface area (Å²) < 4.78 is 0. The molecule has 1 saturated carbocycles. The highest BCUT2D eigenvalue weighted by Crippen LogP contribution is 2.49. The molecule has 0 unspecified atom stereocenters. The molecular formula is C17H33Cl. The quantitative estimate of drug-likeness (QED) is 0.517. The second-order valence-electron chi connectivity index (χ2n) is 7.66. The standard InChI is InChI=1S/C17H33Cl/c1-6-14(7-2)12-17(13-18)10-8-15(9-11-17)16(3,4)5/h14-15H,6-13H2,1-5H3. The summed E-state index contributed by atoms with van der Waals surface area (Å²) in [5.41, 5.74) is 0.938. The molecule has 0 aromatic carbocycles. The first-order valence-electron chi connectivity index (χ1n) is 7.93. The van der Waals surface area contributed by atoms with E-state index >= 15 is 0 Å². The van der Waals surface area contributed by atoms with Gasteiger partial charge in [0.15, 0.2) is 0 Å². The van der Waals surface area contributed by atoms with Crippen molar-refractivity contribution < 1.29 is 0 Å². The molecule has 0 aromatic rings. The summed E-state index contributed by atoms with van der Waals surface area (Å²) in [6.45, 7) is 11.8. The van der Waals surface area contributed by atoms with Crippen LogP contribution in [-0.2, 0) is 0 Å². The van der Waals surface area contributed by atoms with Gasteiger partial charge in [0, 0.05) is 5.88 Å². The van der Waals surface area contributed by atoms with Crippen LogP contribution < -0.4 is 0 Å². The molecule has 0 aromatic heterocycles. The monoisotopic (exact) mass is 272 g/mol. The molecule has 1 rings (SSSR count). The highest BCUT2D eigenvalue weighted by Gasteiger charge is 2.38. The van der Waals surface area contributed by atoms with Gasteiger partial charge in [0.25, 0.3) is 0 Å². The van der Waals surface area contributed by atoms with Gasteiger partial charge in [-0.05, 0) is 54.8 Å².